The molecule has 3 heterocycles. The highest BCUT2D eigenvalue weighted by Gasteiger charge is 2.14. The molecule has 0 bridgehead atoms. The molecule has 166 valence electrons. The van der Waals surface area contributed by atoms with Crippen LogP contribution >= 0.6 is 0 Å². The lowest BCUT2D eigenvalue weighted by Gasteiger charge is -2.14. The first-order chi connectivity index (χ1) is 15.0. The second-order valence-electron chi connectivity index (χ2n) is 7.31. The molecular formula is C22H29N5O4. The number of nitrogens with one attached hydrogen (secondary N) is 1. The van der Waals surface area contributed by atoms with Gasteiger partial charge < -0.3 is 9.47 Å². The van der Waals surface area contributed by atoms with Crippen LogP contribution in [0.4, 0.5) is 5.82 Å². The van der Waals surface area contributed by atoms with Crippen LogP contribution in [-0.4, -0.2) is 45.9 Å². The smallest absolute Gasteiger partial charge is 0.296 e. The summed E-state index contributed by atoms with van der Waals surface area (Å²) in [6, 6.07) is 5.56. The van der Waals surface area contributed by atoms with E-state index in [0.29, 0.717) is 36.8 Å². The summed E-state index contributed by atoms with van der Waals surface area (Å²) in [7, 11) is 1.57. The number of rotatable bonds is 11. The molecule has 0 aromatic carbocycles. The van der Waals surface area contributed by atoms with Crippen molar-refractivity contribution < 1.29 is 14.3 Å². The number of pyridine rings is 2. The highest BCUT2D eigenvalue weighted by Crippen LogP contribution is 2.23. The topological polar surface area (TPSA) is 100 Å². The number of unbranched alkanes of at least 4 members (excludes halogenated alkanes) is 1. The molecule has 0 unspecified atom stereocenters. The minimum absolute atomic E-state index is 0.0983. The first kappa shape index (κ1) is 22.6. The Balaban J connectivity index is 1.99. The van der Waals surface area contributed by atoms with Gasteiger partial charge in [0.2, 0.25) is 11.7 Å². The van der Waals surface area contributed by atoms with E-state index in [1.807, 2.05) is 26.0 Å². The molecule has 1 N–H and O–H groups in total. The fourth-order valence-electron chi connectivity index (χ4n) is 2.92. The van der Waals surface area contributed by atoms with Crippen molar-refractivity contribution in [2.45, 2.75) is 46.3 Å². The van der Waals surface area contributed by atoms with Crippen LogP contribution in [-0.2, 0) is 16.1 Å². The molecule has 0 fully saturated rings. The molecule has 0 amide bonds. The lowest BCUT2D eigenvalue weighted by molar-refractivity contribution is 0.122. The molecule has 0 aliphatic carbocycles. The molecule has 0 aliphatic rings. The number of hydrogen-bond acceptors (Lipinski definition) is 8. The fraction of sp³-hybridized carbons (Fsp3) is 0.455. The molecule has 3 aromatic rings. The van der Waals surface area contributed by atoms with Gasteiger partial charge >= 0.3 is 0 Å². The molecule has 3 aromatic heterocycles. The second kappa shape index (κ2) is 10.8. The third-order valence-corrected chi connectivity index (χ3v) is 4.58. The van der Waals surface area contributed by atoms with E-state index in [4.69, 9.17) is 14.3 Å². The Kier molecular flexibility index (Phi) is 7.91. The van der Waals surface area contributed by atoms with Crippen molar-refractivity contribution in [3.63, 3.8) is 0 Å². The number of methoxy groups -OCH3 is 1. The summed E-state index contributed by atoms with van der Waals surface area (Å²) in [5.41, 5.74) is 5.11. The van der Waals surface area contributed by atoms with E-state index >= 15 is 0 Å². The van der Waals surface area contributed by atoms with Crippen LogP contribution in [0.1, 0.15) is 33.6 Å². The normalized spacial score (nSPS) is 11.3. The average Bonchev–Trinajstić information content (AvgIpc) is 2.78. The Bertz CT molecular complexity index is 1050. The lowest BCUT2D eigenvalue weighted by Crippen LogP contribution is -2.28. The maximum Gasteiger partial charge on any atom is 0.296 e. The molecule has 0 radical (unpaired) electrons. The van der Waals surface area contributed by atoms with Gasteiger partial charge in [0.25, 0.3) is 5.56 Å². The molecule has 31 heavy (non-hydrogen) atoms. The summed E-state index contributed by atoms with van der Waals surface area (Å²) >= 11 is 0. The molecule has 9 nitrogen and oxygen atoms in total. The summed E-state index contributed by atoms with van der Waals surface area (Å²) < 4.78 is 12.4. The molecule has 9 heteroatoms. The Morgan fingerprint density at radius 1 is 1.13 bits per heavy atom. The van der Waals surface area contributed by atoms with Crippen molar-refractivity contribution in [1.29, 1.82) is 0 Å². The standard InChI is InChI=1S/C22H29N5O4/c1-5-6-10-30-11-9-27-18-12-17(16-7-8-19(29-4)23-13-16)14-24-20(18)25-21(22(27)28)26-31-15(2)3/h7-8,12-15H,5-6,9-11H2,1-4H3,(H,24,25,26). The number of aromatic nitrogens is 4. The SMILES string of the molecule is CCCCOCCn1c(=O)c(NOC(C)C)nc2ncc(-c3ccc(OC)nc3)cc21. The van der Waals surface area contributed by atoms with Crippen molar-refractivity contribution in [2.75, 3.05) is 25.8 Å². The third kappa shape index (κ3) is 5.77. The number of nitrogens with zero attached hydrogens (tertiary/aromatic N) is 4. The molecule has 0 spiro atoms. The van der Waals surface area contributed by atoms with Gasteiger partial charge in [0.15, 0.2) is 5.65 Å². The van der Waals surface area contributed by atoms with Crippen LogP contribution in [0.15, 0.2) is 35.4 Å². The van der Waals surface area contributed by atoms with Crippen molar-refractivity contribution in [1.82, 2.24) is 19.5 Å². The van der Waals surface area contributed by atoms with Gasteiger partial charge in [0.1, 0.15) is 0 Å². The summed E-state index contributed by atoms with van der Waals surface area (Å²) in [5, 5.41) is 0. The van der Waals surface area contributed by atoms with E-state index in [0.717, 1.165) is 24.0 Å². The fourth-order valence-corrected chi connectivity index (χ4v) is 2.92. The van der Waals surface area contributed by atoms with Crippen LogP contribution in [0.2, 0.25) is 0 Å². The zero-order chi connectivity index (χ0) is 22.2. The van der Waals surface area contributed by atoms with Crippen LogP contribution in [0, 0.1) is 0 Å². The molecule has 0 saturated carbocycles. The predicted octanol–water partition coefficient (Wildman–Crippen LogP) is 3.43. The molecule has 0 aliphatic heterocycles. The quantitative estimate of drug-likeness (QED) is 0.367. The molecule has 0 atom stereocenters. The van der Waals surface area contributed by atoms with E-state index in [1.165, 1.54) is 0 Å². The van der Waals surface area contributed by atoms with Gasteiger partial charge in [-0.2, -0.15) is 0 Å². The number of hydrogen-bond donors (Lipinski definition) is 1. The van der Waals surface area contributed by atoms with E-state index in [1.54, 1.807) is 30.1 Å². The van der Waals surface area contributed by atoms with E-state index < -0.39 is 0 Å². The molecule has 3 rings (SSSR count). The summed E-state index contributed by atoms with van der Waals surface area (Å²) in [6.45, 7) is 7.29. The zero-order valence-corrected chi connectivity index (χ0v) is 18.4. The molecule has 0 saturated heterocycles. The maximum atomic E-state index is 13.1. The first-order valence-corrected chi connectivity index (χ1v) is 10.4. The largest absolute Gasteiger partial charge is 0.481 e. The highest BCUT2D eigenvalue weighted by atomic mass is 16.7. The van der Waals surface area contributed by atoms with E-state index in [-0.39, 0.29) is 17.5 Å². The Morgan fingerprint density at radius 2 is 1.94 bits per heavy atom. The van der Waals surface area contributed by atoms with Crippen LogP contribution in [0.5, 0.6) is 5.88 Å². The minimum atomic E-state index is -0.293. The number of ether oxygens (including phenoxy) is 2. The van der Waals surface area contributed by atoms with E-state index in [9.17, 15) is 4.79 Å². The molecular weight excluding hydrogens is 398 g/mol. The lowest BCUT2D eigenvalue weighted by atomic mass is 10.1. The summed E-state index contributed by atoms with van der Waals surface area (Å²) in [5.74, 6) is 0.627. The first-order valence-electron chi connectivity index (χ1n) is 10.4. The van der Waals surface area contributed by atoms with E-state index in [2.05, 4.69) is 27.4 Å². The van der Waals surface area contributed by atoms with Gasteiger partial charge in [-0.1, -0.05) is 13.3 Å². The predicted molar refractivity (Wildman–Crippen MR) is 119 cm³/mol. The summed E-state index contributed by atoms with van der Waals surface area (Å²) in [4.78, 5) is 31.6. The van der Waals surface area contributed by atoms with Crippen molar-refractivity contribution >= 4 is 17.0 Å². The Hall–Kier alpha value is -3.04. The van der Waals surface area contributed by atoms with Gasteiger partial charge in [0.05, 0.1) is 25.3 Å². The summed E-state index contributed by atoms with van der Waals surface area (Å²) in [6.07, 6.45) is 5.34. The van der Waals surface area contributed by atoms with Crippen molar-refractivity contribution in [3.8, 4) is 17.0 Å². The van der Waals surface area contributed by atoms with Crippen LogP contribution < -0.4 is 15.8 Å². The monoisotopic (exact) mass is 427 g/mol. The maximum absolute atomic E-state index is 13.1. The van der Waals surface area contributed by atoms with Gasteiger partial charge in [-0.15, -0.1) is 0 Å². The third-order valence-electron chi connectivity index (χ3n) is 4.58. The van der Waals surface area contributed by atoms with Crippen LogP contribution in [0.25, 0.3) is 22.3 Å². The van der Waals surface area contributed by atoms with Crippen LogP contribution in [0.3, 0.4) is 0 Å². The second-order valence-corrected chi connectivity index (χ2v) is 7.31. The van der Waals surface area contributed by atoms with Crippen molar-refractivity contribution in [2.24, 2.45) is 0 Å². The number of fused-ring (bicyclic) bond motifs is 1. The van der Waals surface area contributed by atoms with Gasteiger partial charge in [-0.05, 0) is 32.4 Å². The van der Waals surface area contributed by atoms with Gasteiger partial charge in [-0.3, -0.25) is 14.2 Å². The Labute approximate surface area is 181 Å². The highest BCUT2D eigenvalue weighted by molar-refractivity contribution is 5.78. The minimum Gasteiger partial charge on any atom is -0.481 e. The van der Waals surface area contributed by atoms with Gasteiger partial charge in [-0.25, -0.2) is 20.4 Å². The number of anilines is 1. The zero-order valence-electron chi connectivity index (χ0n) is 18.4. The Morgan fingerprint density at radius 3 is 2.61 bits per heavy atom. The van der Waals surface area contributed by atoms with Crippen molar-refractivity contribution in [3.05, 3.63) is 40.9 Å². The average molecular weight is 428 g/mol. The van der Waals surface area contributed by atoms with Gasteiger partial charge in [0, 0.05) is 42.7 Å².